The van der Waals surface area contributed by atoms with Gasteiger partial charge in [0.05, 0.1) is 13.2 Å². The summed E-state index contributed by atoms with van der Waals surface area (Å²) >= 11 is 0. The molecule has 6 nitrogen and oxygen atoms in total. The largest absolute Gasteiger partial charge is 0.396 e. The fourth-order valence-corrected chi connectivity index (χ4v) is 1.38. The maximum atomic E-state index is 8.93. The van der Waals surface area contributed by atoms with Crippen molar-refractivity contribution in [1.82, 2.24) is 10.6 Å². The minimum Gasteiger partial charge on any atom is -0.396 e. The molecule has 0 heterocycles. The fourth-order valence-electron chi connectivity index (χ4n) is 1.38. The molecule has 0 fully saturated rings. The molecule has 0 saturated heterocycles. The molecule has 0 aliphatic carbocycles. The second-order valence-corrected chi connectivity index (χ2v) is 3.69. The molecule has 16 heavy (non-hydrogen) atoms. The van der Waals surface area contributed by atoms with Gasteiger partial charge in [-0.15, -0.1) is 0 Å². The van der Waals surface area contributed by atoms with Gasteiger partial charge in [0.2, 0.25) is 0 Å². The van der Waals surface area contributed by atoms with E-state index < -0.39 is 0 Å². The monoisotopic (exact) mass is 236 g/mol. The van der Waals surface area contributed by atoms with Crippen LogP contribution in [0.25, 0.3) is 0 Å². The van der Waals surface area contributed by atoms with Crippen LogP contribution in [0.1, 0.15) is 12.8 Å². The van der Waals surface area contributed by atoms with E-state index in [1.807, 2.05) is 0 Å². The lowest BCUT2D eigenvalue weighted by molar-refractivity contribution is 0.192. The van der Waals surface area contributed by atoms with Gasteiger partial charge in [-0.05, 0) is 12.8 Å². The highest BCUT2D eigenvalue weighted by Gasteiger charge is 2.07. The van der Waals surface area contributed by atoms with Crippen LogP contribution in [0.4, 0.5) is 0 Å². The summed E-state index contributed by atoms with van der Waals surface area (Å²) in [4.78, 5) is 0. The Hall–Kier alpha value is -0.240. The predicted molar refractivity (Wildman–Crippen MR) is 61.2 cm³/mol. The lowest BCUT2D eigenvalue weighted by Gasteiger charge is -2.18. The molecule has 6 N–H and O–H groups in total. The van der Waals surface area contributed by atoms with Crippen molar-refractivity contribution < 1.29 is 20.4 Å². The van der Waals surface area contributed by atoms with Gasteiger partial charge >= 0.3 is 0 Å². The summed E-state index contributed by atoms with van der Waals surface area (Å²) in [7, 11) is 0. The van der Waals surface area contributed by atoms with Crippen molar-refractivity contribution in [3.8, 4) is 0 Å². The second-order valence-electron chi connectivity index (χ2n) is 3.69. The molecule has 2 atom stereocenters. The quantitative estimate of drug-likeness (QED) is 0.224. The molecule has 0 spiro atoms. The Kier molecular flexibility index (Phi) is 11.1. The number of nitrogens with one attached hydrogen (secondary N) is 2. The topological polar surface area (TPSA) is 105 Å². The van der Waals surface area contributed by atoms with Crippen molar-refractivity contribution in [2.45, 2.75) is 24.9 Å². The van der Waals surface area contributed by atoms with Crippen LogP contribution in [0.5, 0.6) is 0 Å². The molecular weight excluding hydrogens is 212 g/mol. The molecule has 0 aromatic carbocycles. The summed E-state index contributed by atoms with van der Waals surface area (Å²) in [5.74, 6) is 0. The predicted octanol–water partition coefficient (Wildman–Crippen LogP) is -2.35. The Labute approximate surface area is 96.3 Å². The van der Waals surface area contributed by atoms with Crippen LogP contribution in [0.2, 0.25) is 0 Å². The van der Waals surface area contributed by atoms with E-state index in [1.54, 1.807) is 0 Å². The van der Waals surface area contributed by atoms with Crippen LogP contribution >= 0.6 is 0 Å². The molecule has 0 radical (unpaired) electrons. The number of rotatable bonds is 11. The highest BCUT2D eigenvalue weighted by molar-refractivity contribution is 4.68. The SMILES string of the molecule is OCCC(CO)NCCNC(CO)CCO. The van der Waals surface area contributed by atoms with Crippen molar-refractivity contribution in [2.24, 2.45) is 0 Å². The lowest BCUT2D eigenvalue weighted by Crippen LogP contribution is -2.42. The maximum Gasteiger partial charge on any atom is 0.0585 e. The zero-order chi connectivity index (χ0) is 12.2. The van der Waals surface area contributed by atoms with Crippen molar-refractivity contribution in [3.05, 3.63) is 0 Å². The van der Waals surface area contributed by atoms with Crippen LogP contribution in [-0.4, -0.2) is 72.0 Å². The fraction of sp³-hybridized carbons (Fsp3) is 1.00. The maximum absolute atomic E-state index is 8.93. The Morgan fingerprint density at radius 1 is 0.688 bits per heavy atom. The summed E-state index contributed by atoms with van der Waals surface area (Å²) in [6.07, 6.45) is 1.05. The van der Waals surface area contributed by atoms with E-state index in [0.717, 1.165) is 0 Å². The zero-order valence-corrected chi connectivity index (χ0v) is 9.60. The molecule has 0 bridgehead atoms. The normalized spacial score (nSPS) is 15.0. The van der Waals surface area contributed by atoms with E-state index in [0.29, 0.717) is 25.9 Å². The van der Waals surface area contributed by atoms with Gasteiger partial charge in [-0.25, -0.2) is 0 Å². The first-order valence-electron chi connectivity index (χ1n) is 5.68. The van der Waals surface area contributed by atoms with Gasteiger partial charge in [0.1, 0.15) is 0 Å². The first-order chi connectivity index (χ1) is 7.78. The standard InChI is InChI=1S/C10H24N2O4/c13-5-1-9(7-15)11-3-4-12-10(8-16)2-6-14/h9-16H,1-8H2. The minimum atomic E-state index is -0.0859. The lowest BCUT2D eigenvalue weighted by atomic mass is 10.2. The van der Waals surface area contributed by atoms with Gasteiger partial charge < -0.3 is 31.1 Å². The third-order valence-electron chi connectivity index (χ3n) is 2.39. The van der Waals surface area contributed by atoms with Crippen LogP contribution in [0, 0.1) is 0 Å². The third-order valence-corrected chi connectivity index (χ3v) is 2.39. The number of hydrogen-bond acceptors (Lipinski definition) is 6. The molecule has 2 unspecified atom stereocenters. The molecule has 0 aromatic heterocycles. The van der Waals surface area contributed by atoms with Crippen molar-refractivity contribution >= 4 is 0 Å². The molecule has 0 aliphatic rings. The van der Waals surface area contributed by atoms with Crippen LogP contribution in [0.15, 0.2) is 0 Å². The first-order valence-corrected chi connectivity index (χ1v) is 5.68. The molecule has 98 valence electrons. The van der Waals surface area contributed by atoms with E-state index in [2.05, 4.69) is 10.6 Å². The zero-order valence-electron chi connectivity index (χ0n) is 9.60. The highest BCUT2D eigenvalue weighted by Crippen LogP contribution is 1.90. The molecule has 0 saturated carbocycles. The molecule has 0 amide bonds. The van der Waals surface area contributed by atoms with E-state index >= 15 is 0 Å². The molecule has 6 heteroatoms. The first kappa shape index (κ1) is 15.8. The van der Waals surface area contributed by atoms with Gasteiger partial charge in [-0.1, -0.05) is 0 Å². The average molecular weight is 236 g/mol. The molecule has 0 rings (SSSR count). The van der Waals surface area contributed by atoms with Gasteiger partial charge in [-0.2, -0.15) is 0 Å². The highest BCUT2D eigenvalue weighted by atomic mass is 16.3. The summed E-state index contributed by atoms with van der Waals surface area (Å²) in [5, 5.41) is 41.4. The van der Waals surface area contributed by atoms with Crippen LogP contribution in [0.3, 0.4) is 0 Å². The number of hydrogen-bond donors (Lipinski definition) is 6. The average Bonchev–Trinajstić information content (AvgIpc) is 2.31. The minimum absolute atomic E-state index is 0.000624. The van der Waals surface area contributed by atoms with Crippen molar-refractivity contribution in [2.75, 3.05) is 39.5 Å². The van der Waals surface area contributed by atoms with E-state index in [-0.39, 0.29) is 38.5 Å². The Balaban J connectivity index is 3.48. The van der Waals surface area contributed by atoms with Gasteiger partial charge in [0.25, 0.3) is 0 Å². The number of aliphatic hydroxyl groups excluding tert-OH is 4. The Bertz CT molecular complexity index is 133. The smallest absolute Gasteiger partial charge is 0.0585 e. The van der Waals surface area contributed by atoms with Crippen LogP contribution in [-0.2, 0) is 0 Å². The Morgan fingerprint density at radius 3 is 1.31 bits per heavy atom. The van der Waals surface area contributed by atoms with Gasteiger partial charge in [-0.3, -0.25) is 0 Å². The van der Waals surface area contributed by atoms with Gasteiger partial charge in [0, 0.05) is 38.4 Å². The molecular formula is C10H24N2O4. The van der Waals surface area contributed by atoms with E-state index in [1.165, 1.54) is 0 Å². The van der Waals surface area contributed by atoms with E-state index in [4.69, 9.17) is 20.4 Å². The summed E-state index contributed by atoms with van der Waals surface area (Å²) in [6.45, 7) is 1.40. The van der Waals surface area contributed by atoms with E-state index in [9.17, 15) is 0 Å². The summed E-state index contributed by atoms with van der Waals surface area (Å²) < 4.78 is 0. The molecule has 0 aromatic rings. The molecule has 0 aliphatic heterocycles. The summed E-state index contributed by atoms with van der Waals surface area (Å²) in [6, 6.07) is -0.172. The van der Waals surface area contributed by atoms with Crippen molar-refractivity contribution in [1.29, 1.82) is 0 Å². The third kappa shape index (κ3) is 7.98. The second kappa shape index (κ2) is 11.3. The summed E-state index contributed by atoms with van der Waals surface area (Å²) in [5.41, 5.74) is 0. The van der Waals surface area contributed by atoms with Crippen LogP contribution < -0.4 is 10.6 Å². The van der Waals surface area contributed by atoms with Crippen molar-refractivity contribution in [3.63, 3.8) is 0 Å². The number of aliphatic hydroxyl groups is 4. The van der Waals surface area contributed by atoms with Gasteiger partial charge in [0.15, 0.2) is 0 Å². The Morgan fingerprint density at radius 2 is 1.06 bits per heavy atom.